The number of ether oxygens (including phenoxy) is 2. The minimum absolute atomic E-state index is 0.209. The van der Waals surface area contributed by atoms with Crippen LogP contribution in [0.15, 0.2) is 24.3 Å². The van der Waals surface area contributed by atoms with Gasteiger partial charge in [0.05, 0.1) is 13.2 Å². The normalized spacial score (nSPS) is 10.5. The van der Waals surface area contributed by atoms with Crippen molar-refractivity contribution in [3.63, 3.8) is 0 Å². The summed E-state index contributed by atoms with van der Waals surface area (Å²) in [4.78, 5) is 11.0. The molecule has 17 heavy (non-hydrogen) atoms. The van der Waals surface area contributed by atoms with Crippen molar-refractivity contribution in [3.05, 3.63) is 35.7 Å². The molecule has 0 aliphatic carbocycles. The average molecular weight is 238 g/mol. The third kappa shape index (κ3) is 4.26. The Kier molecular flexibility index (Phi) is 5.20. The highest BCUT2D eigenvalue weighted by Crippen LogP contribution is 2.18. The second-order valence-corrected chi connectivity index (χ2v) is 3.21. The molecule has 0 saturated heterocycles. The van der Waals surface area contributed by atoms with Crippen molar-refractivity contribution in [2.75, 3.05) is 13.2 Å². The summed E-state index contributed by atoms with van der Waals surface area (Å²) in [6.07, 6.45) is 2.76. The van der Waals surface area contributed by atoms with Gasteiger partial charge in [-0.1, -0.05) is 6.07 Å². The first-order valence-corrected chi connectivity index (χ1v) is 5.44. The highest BCUT2D eigenvalue weighted by atomic mass is 19.1. The Morgan fingerprint density at radius 3 is 2.71 bits per heavy atom. The van der Waals surface area contributed by atoms with Crippen LogP contribution < -0.4 is 4.74 Å². The maximum atomic E-state index is 13.4. The molecule has 3 nitrogen and oxygen atoms in total. The van der Waals surface area contributed by atoms with Gasteiger partial charge in [0.25, 0.3) is 0 Å². The molecule has 1 aromatic carbocycles. The van der Waals surface area contributed by atoms with Crippen LogP contribution >= 0.6 is 0 Å². The fourth-order valence-electron chi connectivity index (χ4n) is 1.25. The maximum absolute atomic E-state index is 13.4. The van der Waals surface area contributed by atoms with E-state index in [1.807, 2.05) is 0 Å². The number of esters is 1. The smallest absolute Gasteiger partial charge is 0.330 e. The number of halogens is 1. The Balaban J connectivity index is 2.73. The van der Waals surface area contributed by atoms with E-state index in [0.717, 1.165) is 0 Å². The van der Waals surface area contributed by atoms with Crippen molar-refractivity contribution in [3.8, 4) is 5.75 Å². The van der Waals surface area contributed by atoms with E-state index in [4.69, 9.17) is 9.47 Å². The number of benzene rings is 1. The number of rotatable bonds is 5. The third-order valence-corrected chi connectivity index (χ3v) is 1.95. The molecular weight excluding hydrogens is 223 g/mol. The van der Waals surface area contributed by atoms with E-state index in [-0.39, 0.29) is 5.75 Å². The molecule has 4 heteroatoms. The Morgan fingerprint density at radius 2 is 2.12 bits per heavy atom. The first kappa shape index (κ1) is 13.2. The van der Waals surface area contributed by atoms with Gasteiger partial charge in [-0.05, 0) is 37.6 Å². The van der Waals surface area contributed by atoms with Crippen molar-refractivity contribution >= 4 is 12.0 Å². The fourth-order valence-corrected chi connectivity index (χ4v) is 1.25. The Labute approximate surface area is 99.9 Å². The van der Waals surface area contributed by atoms with Crippen molar-refractivity contribution in [2.24, 2.45) is 0 Å². The van der Waals surface area contributed by atoms with Crippen molar-refractivity contribution < 1.29 is 18.7 Å². The summed E-state index contributed by atoms with van der Waals surface area (Å²) in [7, 11) is 0. The van der Waals surface area contributed by atoms with Crippen LogP contribution in [0.4, 0.5) is 4.39 Å². The van der Waals surface area contributed by atoms with Crippen molar-refractivity contribution in [1.82, 2.24) is 0 Å². The van der Waals surface area contributed by atoms with Gasteiger partial charge in [-0.3, -0.25) is 0 Å². The first-order valence-electron chi connectivity index (χ1n) is 5.44. The lowest BCUT2D eigenvalue weighted by Gasteiger charge is -2.04. The number of carbonyl (C=O) groups excluding carboxylic acids is 1. The summed E-state index contributed by atoms with van der Waals surface area (Å²) in [6, 6.07) is 4.51. The van der Waals surface area contributed by atoms with Crippen LogP contribution in [0, 0.1) is 5.82 Å². The molecule has 0 aromatic heterocycles. The highest BCUT2D eigenvalue weighted by molar-refractivity contribution is 5.87. The molecule has 0 saturated carbocycles. The van der Waals surface area contributed by atoms with E-state index in [0.29, 0.717) is 18.8 Å². The average Bonchev–Trinajstić information content (AvgIpc) is 2.30. The van der Waals surface area contributed by atoms with Gasteiger partial charge in [-0.2, -0.15) is 0 Å². The zero-order valence-electron chi connectivity index (χ0n) is 9.90. The molecule has 0 aliphatic heterocycles. The second-order valence-electron chi connectivity index (χ2n) is 3.21. The largest absolute Gasteiger partial charge is 0.491 e. The molecular formula is C13H15FO3. The van der Waals surface area contributed by atoms with E-state index in [2.05, 4.69) is 0 Å². The van der Waals surface area contributed by atoms with Gasteiger partial charge in [-0.15, -0.1) is 0 Å². The van der Waals surface area contributed by atoms with Crippen molar-refractivity contribution in [2.45, 2.75) is 13.8 Å². The predicted octanol–water partition coefficient (Wildman–Crippen LogP) is 2.80. The van der Waals surface area contributed by atoms with Gasteiger partial charge in [0, 0.05) is 6.08 Å². The number of hydrogen-bond acceptors (Lipinski definition) is 3. The molecule has 0 heterocycles. The van der Waals surface area contributed by atoms with Crippen LogP contribution in [0.2, 0.25) is 0 Å². The third-order valence-electron chi connectivity index (χ3n) is 1.95. The molecule has 92 valence electrons. The molecule has 1 aromatic rings. The van der Waals surface area contributed by atoms with Crippen LogP contribution in [0.1, 0.15) is 19.4 Å². The van der Waals surface area contributed by atoms with Gasteiger partial charge >= 0.3 is 5.97 Å². The van der Waals surface area contributed by atoms with E-state index >= 15 is 0 Å². The monoisotopic (exact) mass is 238 g/mol. The van der Waals surface area contributed by atoms with Gasteiger partial charge in [0.2, 0.25) is 0 Å². The fraction of sp³-hybridized carbons (Fsp3) is 0.308. The molecule has 0 spiro atoms. The lowest BCUT2D eigenvalue weighted by molar-refractivity contribution is -0.137. The van der Waals surface area contributed by atoms with Gasteiger partial charge in [0.1, 0.15) is 0 Å². The van der Waals surface area contributed by atoms with E-state index in [1.165, 1.54) is 24.3 Å². The van der Waals surface area contributed by atoms with Gasteiger partial charge < -0.3 is 9.47 Å². The summed E-state index contributed by atoms with van der Waals surface area (Å²) in [5.74, 6) is -0.680. The lowest BCUT2D eigenvalue weighted by atomic mass is 10.2. The minimum atomic E-state index is -0.446. The molecule has 0 N–H and O–H groups in total. The summed E-state index contributed by atoms with van der Waals surface area (Å²) in [5, 5.41) is 0. The number of carbonyl (C=O) groups is 1. The SMILES string of the molecule is CCOC(=O)/C=C/c1ccc(OCC)c(F)c1. The maximum Gasteiger partial charge on any atom is 0.330 e. The summed E-state index contributed by atoms with van der Waals surface area (Å²) < 4.78 is 23.2. The summed E-state index contributed by atoms with van der Waals surface area (Å²) in [6.45, 7) is 4.24. The zero-order valence-corrected chi connectivity index (χ0v) is 9.90. The summed E-state index contributed by atoms with van der Waals surface area (Å²) in [5.41, 5.74) is 0.582. The molecule has 0 amide bonds. The molecule has 0 bridgehead atoms. The predicted molar refractivity (Wildman–Crippen MR) is 63.2 cm³/mol. The Bertz CT molecular complexity index is 413. The molecule has 0 aliphatic rings. The Hall–Kier alpha value is -1.84. The molecule has 0 fully saturated rings. The highest BCUT2D eigenvalue weighted by Gasteiger charge is 2.02. The van der Waals surface area contributed by atoms with E-state index in [9.17, 15) is 9.18 Å². The molecule has 1 rings (SSSR count). The van der Waals surface area contributed by atoms with E-state index < -0.39 is 11.8 Å². The number of hydrogen-bond donors (Lipinski definition) is 0. The minimum Gasteiger partial charge on any atom is -0.491 e. The van der Waals surface area contributed by atoms with Gasteiger partial charge in [-0.25, -0.2) is 9.18 Å². The molecule has 0 unspecified atom stereocenters. The van der Waals surface area contributed by atoms with Gasteiger partial charge in [0.15, 0.2) is 11.6 Å². The van der Waals surface area contributed by atoms with Crippen LogP contribution in [0.5, 0.6) is 5.75 Å². The topological polar surface area (TPSA) is 35.5 Å². The van der Waals surface area contributed by atoms with Crippen LogP contribution in [0.3, 0.4) is 0 Å². The first-order chi connectivity index (χ1) is 8.17. The molecule has 0 radical (unpaired) electrons. The molecule has 0 atom stereocenters. The summed E-state index contributed by atoms with van der Waals surface area (Å²) >= 11 is 0. The van der Waals surface area contributed by atoms with Crippen LogP contribution in [0.25, 0.3) is 6.08 Å². The Morgan fingerprint density at radius 1 is 1.35 bits per heavy atom. The lowest BCUT2D eigenvalue weighted by Crippen LogP contribution is -1.98. The van der Waals surface area contributed by atoms with Crippen LogP contribution in [-0.2, 0) is 9.53 Å². The van der Waals surface area contributed by atoms with Crippen molar-refractivity contribution in [1.29, 1.82) is 0 Å². The van der Waals surface area contributed by atoms with Crippen LogP contribution in [-0.4, -0.2) is 19.2 Å². The van der Waals surface area contributed by atoms with E-state index in [1.54, 1.807) is 19.9 Å². The standard InChI is InChI=1S/C13H15FO3/c1-3-16-12-7-5-10(9-11(12)14)6-8-13(15)17-4-2/h5-9H,3-4H2,1-2H3/b8-6+. The zero-order chi connectivity index (χ0) is 12.7. The second kappa shape index (κ2) is 6.68. The quantitative estimate of drug-likeness (QED) is 0.584.